The molecule has 3 rings (SSSR count). The van der Waals surface area contributed by atoms with Gasteiger partial charge in [0.15, 0.2) is 5.96 Å². The maximum atomic E-state index is 13.0. The number of ether oxygens (including phenoxy) is 1. The summed E-state index contributed by atoms with van der Waals surface area (Å²) in [4.78, 5) is 37.0. The third-order valence-electron chi connectivity index (χ3n) is 5.93. The second-order valence-electron chi connectivity index (χ2n) is 8.87. The molecule has 39 heavy (non-hydrogen) atoms. The van der Waals surface area contributed by atoms with E-state index in [9.17, 15) is 27.9 Å². The van der Waals surface area contributed by atoms with E-state index in [2.05, 4.69) is 16.0 Å². The first kappa shape index (κ1) is 29.5. The molecule has 13 nitrogen and oxygen atoms in total. The van der Waals surface area contributed by atoms with Crippen LogP contribution in [0.3, 0.4) is 0 Å². The van der Waals surface area contributed by atoms with E-state index in [1.807, 2.05) is 0 Å². The number of nitrogens with zero attached hydrogens (tertiary/aromatic N) is 1. The molecule has 1 saturated heterocycles. The normalized spacial score (nSPS) is 16.3. The first-order chi connectivity index (χ1) is 18.6. The fourth-order valence-corrected chi connectivity index (χ4v) is 5.36. The summed E-state index contributed by atoms with van der Waals surface area (Å²) >= 11 is 0. The summed E-state index contributed by atoms with van der Waals surface area (Å²) in [5.74, 6) is -2.36. The highest BCUT2D eigenvalue weighted by Gasteiger charge is 2.41. The van der Waals surface area contributed by atoms with Gasteiger partial charge >= 0.3 is 5.97 Å². The summed E-state index contributed by atoms with van der Waals surface area (Å²) in [5.41, 5.74) is 6.32. The lowest BCUT2D eigenvalue weighted by Crippen LogP contribution is -2.52. The number of carboxylic acid groups (broad SMARTS) is 1. The van der Waals surface area contributed by atoms with E-state index in [4.69, 9.17) is 15.9 Å². The Morgan fingerprint density at radius 1 is 1.10 bits per heavy atom. The van der Waals surface area contributed by atoms with Crippen LogP contribution in [-0.2, 0) is 35.6 Å². The monoisotopic (exact) mass is 560 g/mol. The number of sulfonamides is 1. The number of nitrogens with one attached hydrogen (secondary N) is 4. The van der Waals surface area contributed by atoms with Crippen molar-refractivity contribution in [3.05, 3.63) is 60.2 Å². The summed E-state index contributed by atoms with van der Waals surface area (Å²) in [6.45, 7) is -0.0192. The molecule has 210 valence electrons. The number of carbonyl (C=O) groups excluding carboxylic acids is 2. The number of unbranched alkanes of at least 4 members (excludes halogenated alkanes) is 1. The highest BCUT2D eigenvalue weighted by atomic mass is 32.2. The van der Waals surface area contributed by atoms with Crippen LogP contribution in [0.25, 0.3) is 0 Å². The highest BCUT2D eigenvalue weighted by Crippen LogP contribution is 2.22. The molecule has 0 bridgehead atoms. The largest absolute Gasteiger partial charge is 0.480 e. The molecular weight excluding hydrogens is 528 g/mol. The Balaban J connectivity index is 1.55. The highest BCUT2D eigenvalue weighted by molar-refractivity contribution is 7.89. The van der Waals surface area contributed by atoms with E-state index >= 15 is 0 Å². The van der Waals surface area contributed by atoms with Crippen LogP contribution < -0.4 is 21.7 Å². The quantitative estimate of drug-likeness (QED) is 0.114. The Kier molecular flexibility index (Phi) is 10.4. The minimum absolute atomic E-state index is 0.000237. The van der Waals surface area contributed by atoms with E-state index in [-0.39, 0.29) is 42.9 Å². The number of rotatable bonds is 13. The van der Waals surface area contributed by atoms with Gasteiger partial charge in [-0.15, -0.1) is 0 Å². The second kappa shape index (κ2) is 13.7. The number of amides is 2. The number of hydrogen-bond acceptors (Lipinski definition) is 7. The topological polar surface area (TPSA) is 204 Å². The van der Waals surface area contributed by atoms with Gasteiger partial charge < -0.3 is 31.5 Å². The van der Waals surface area contributed by atoms with Crippen LogP contribution in [0.4, 0.5) is 5.69 Å². The van der Waals surface area contributed by atoms with Crippen molar-refractivity contribution in [2.24, 2.45) is 5.73 Å². The Bertz CT molecular complexity index is 1270. The molecule has 2 amide bonds. The summed E-state index contributed by atoms with van der Waals surface area (Å²) in [7, 11) is -4.03. The summed E-state index contributed by atoms with van der Waals surface area (Å²) in [6, 6.07) is 11.6. The second-order valence-corrected chi connectivity index (χ2v) is 10.8. The van der Waals surface area contributed by atoms with Gasteiger partial charge in [0.05, 0.1) is 11.5 Å². The van der Waals surface area contributed by atoms with Crippen LogP contribution >= 0.6 is 0 Å². The summed E-state index contributed by atoms with van der Waals surface area (Å²) < 4.78 is 32.1. The maximum Gasteiger partial charge on any atom is 0.326 e. The molecule has 0 radical (unpaired) electrons. The van der Waals surface area contributed by atoms with Gasteiger partial charge in [-0.05, 0) is 42.7 Å². The van der Waals surface area contributed by atoms with E-state index < -0.39 is 34.0 Å². The van der Waals surface area contributed by atoms with Gasteiger partial charge in [-0.2, -0.15) is 4.31 Å². The molecule has 1 aliphatic heterocycles. The Morgan fingerprint density at radius 3 is 2.44 bits per heavy atom. The number of carbonyl (C=O) groups is 3. The Labute approximate surface area is 226 Å². The van der Waals surface area contributed by atoms with Gasteiger partial charge in [-0.1, -0.05) is 30.3 Å². The molecule has 0 unspecified atom stereocenters. The lowest BCUT2D eigenvalue weighted by atomic mass is 10.0. The third-order valence-corrected chi connectivity index (χ3v) is 7.78. The SMILES string of the molecule is N=C(N)NCCCCC(=O)Nc1ccc(C[C@H](NC(=O)[C@@H]2COCN2S(=O)(=O)c2ccccc2)C(=O)O)cc1. The number of benzene rings is 2. The van der Waals surface area contributed by atoms with E-state index in [1.54, 1.807) is 42.5 Å². The van der Waals surface area contributed by atoms with Crippen LogP contribution in [-0.4, -0.2) is 73.5 Å². The molecule has 1 aliphatic rings. The van der Waals surface area contributed by atoms with Crippen molar-refractivity contribution in [2.75, 3.05) is 25.2 Å². The number of anilines is 1. The molecule has 0 aromatic heterocycles. The fraction of sp³-hybridized carbons (Fsp3) is 0.360. The molecule has 0 aliphatic carbocycles. The average Bonchev–Trinajstić information content (AvgIpc) is 3.41. The smallest absolute Gasteiger partial charge is 0.326 e. The van der Waals surface area contributed by atoms with Gasteiger partial charge in [0.1, 0.15) is 18.8 Å². The zero-order valence-electron chi connectivity index (χ0n) is 21.1. The van der Waals surface area contributed by atoms with Crippen molar-refractivity contribution < 1.29 is 32.6 Å². The van der Waals surface area contributed by atoms with Gasteiger partial charge in [-0.25, -0.2) is 13.2 Å². The molecule has 0 saturated carbocycles. The summed E-state index contributed by atoms with van der Waals surface area (Å²) in [5, 5.41) is 24.6. The first-order valence-corrected chi connectivity index (χ1v) is 13.7. The van der Waals surface area contributed by atoms with Crippen molar-refractivity contribution in [1.82, 2.24) is 14.9 Å². The van der Waals surface area contributed by atoms with E-state index in [0.717, 1.165) is 4.31 Å². The van der Waals surface area contributed by atoms with Crippen LogP contribution in [0.1, 0.15) is 24.8 Å². The average molecular weight is 561 g/mol. The van der Waals surface area contributed by atoms with Gasteiger partial charge in [0.25, 0.3) is 0 Å². The van der Waals surface area contributed by atoms with Gasteiger partial charge in [0, 0.05) is 25.1 Å². The first-order valence-electron chi connectivity index (χ1n) is 12.2. The van der Waals surface area contributed by atoms with Crippen LogP contribution in [0, 0.1) is 5.41 Å². The third kappa shape index (κ3) is 8.49. The van der Waals surface area contributed by atoms with E-state index in [0.29, 0.717) is 30.6 Å². The van der Waals surface area contributed by atoms with Gasteiger partial charge in [-0.3, -0.25) is 15.0 Å². The van der Waals surface area contributed by atoms with Crippen molar-refractivity contribution in [2.45, 2.75) is 42.7 Å². The molecular formula is C25H32N6O7S. The van der Waals surface area contributed by atoms with Gasteiger partial charge in [0.2, 0.25) is 21.8 Å². The molecule has 1 heterocycles. The Hall–Kier alpha value is -4.01. The molecule has 2 aromatic rings. The molecule has 1 fully saturated rings. The number of guanidine groups is 1. The number of hydrogen-bond donors (Lipinski definition) is 6. The lowest BCUT2D eigenvalue weighted by Gasteiger charge is -2.23. The fourth-order valence-electron chi connectivity index (χ4n) is 3.88. The maximum absolute atomic E-state index is 13.0. The molecule has 14 heteroatoms. The molecule has 0 spiro atoms. The summed E-state index contributed by atoms with van der Waals surface area (Å²) in [6.07, 6.45) is 1.52. The van der Waals surface area contributed by atoms with Crippen LogP contribution in [0.5, 0.6) is 0 Å². The molecule has 2 atom stereocenters. The van der Waals surface area contributed by atoms with Crippen LogP contribution in [0.2, 0.25) is 0 Å². The minimum Gasteiger partial charge on any atom is -0.480 e. The van der Waals surface area contributed by atoms with Crippen LogP contribution in [0.15, 0.2) is 59.5 Å². The van der Waals surface area contributed by atoms with Crippen molar-refractivity contribution in [3.8, 4) is 0 Å². The Morgan fingerprint density at radius 2 is 1.79 bits per heavy atom. The minimum atomic E-state index is -4.03. The number of nitrogens with two attached hydrogens (primary N) is 1. The van der Waals surface area contributed by atoms with Crippen molar-refractivity contribution >= 4 is 39.5 Å². The van der Waals surface area contributed by atoms with Crippen molar-refractivity contribution in [3.63, 3.8) is 0 Å². The van der Waals surface area contributed by atoms with Crippen molar-refractivity contribution in [1.29, 1.82) is 5.41 Å². The van der Waals surface area contributed by atoms with E-state index in [1.165, 1.54) is 12.1 Å². The standard InChI is InChI=1S/C25H32N6O7S/c26-25(27)28-13-5-4-8-22(32)29-18-11-9-17(10-12-18)14-20(24(34)35)30-23(33)21-15-38-16-31(21)39(36,37)19-6-2-1-3-7-19/h1-3,6-7,9-12,20-21H,4-5,8,13-16H2,(H,29,32)(H,30,33)(H,34,35)(H4,26,27,28)/t20-,21-/m0/s1. The number of carboxylic acids is 1. The zero-order valence-corrected chi connectivity index (χ0v) is 21.9. The molecule has 7 N–H and O–H groups in total. The molecule has 2 aromatic carbocycles. The predicted molar refractivity (Wildman–Crippen MR) is 142 cm³/mol. The lowest BCUT2D eigenvalue weighted by molar-refractivity contribution is -0.142. The zero-order chi connectivity index (χ0) is 28.4. The number of aliphatic carboxylic acids is 1. The predicted octanol–water partition coefficient (Wildman–Crippen LogP) is 0.438.